The summed E-state index contributed by atoms with van der Waals surface area (Å²) < 4.78 is 27.6. The zero-order valence-electron chi connectivity index (χ0n) is 9.11. The van der Waals surface area contributed by atoms with E-state index in [0.717, 1.165) is 6.26 Å². The van der Waals surface area contributed by atoms with E-state index in [4.69, 9.17) is 4.52 Å². The van der Waals surface area contributed by atoms with E-state index in [2.05, 4.69) is 10.1 Å². The molecule has 2 aromatic rings. The molecule has 92 valence electrons. The van der Waals surface area contributed by atoms with Gasteiger partial charge in [0.1, 0.15) is 15.9 Å². The number of rotatable bonds is 3. The maximum atomic E-state index is 11.3. The normalized spacial score (nSPS) is 13.8. The highest BCUT2D eigenvalue weighted by molar-refractivity contribution is 7.90. The summed E-state index contributed by atoms with van der Waals surface area (Å²) in [6.45, 7) is 1.48. The molecule has 6 nitrogen and oxygen atoms in total. The molecule has 0 amide bonds. The SMILES string of the molecule is CC(c1noc(-c2sccc2O)n1)S(C)(=O)=O. The minimum Gasteiger partial charge on any atom is -0.506 e. The second kappa shape index (κ2) is 4.11. The summed E-state index contributed by atoms with van der Waals surface area (Å²) in [5.41, 5.74) is 0. The van der Waals surface area contributed by atoms with E-state index in [1.807, 2.05) is 0 Å². The van der Waals surface area contributed by atoms with Gasteiger partial charge in [-0.1, -0.05) is 5.16 Å². The minimum absolute atomic E-state index is 0.0391. The molecule has 8 heteroatoms. The van der Waals surface area contributed by atoms with Crippen LogP contribution in [0.25, 0.3) is 10.8 Å². The van der Waals surface area contributed by atoms with Gasteiger partial charge in [-0.3, -0.25) is 0 Å². The Labute approximate surface area is 102 Å². The first-order chi connectivity index (χ1) is 7.89. The third-order valence-corrected chi connectivity index (χ3v) is 4.67. The van der Waals surface area contributed by atoms with Gasteiger partial charge in [-0.2, -0.15) is 4.98 Å². The van der Waals surface area contributed by atoms with E-state index >= 15 is 0 Å². The number of thiophene rings is 1. The molecule has 1 unspecified atom stereocenters. The van der Waals surface area contributed by atoms with Crippen LogP contribution >= 0.6 is 11.3 Å². The average molecular weight is 274 g/mol. The zero-order chi connectivity index (χ0) is 12.6. The highest BCUT2D eigenvalue weighted by Crippen LogP contribution is 2.34. The lowest BCUT2D eigenvalue weighted by Gasteiger charge is -2.01. The van der Waals surface area contributed by atoms with E-state index in [0.29, 0.717) is 4.88 Å². The van der Waals surface area contributed by atoms with Gasteiger partial charge in [0.05, 0.1) is 0 Å². The van der Waals surface area contributed by atoms with Crippen molar-refractivity contribution in [3.8, 4) is 16.5 Å². The number of hydrogen-bond donors (Lipinski definition) is 1. The summed E-state index contributed by atoms with van der Waals surface area (Å²) in [5, 5.41) is 13.9. The second-order valence-electron chi connectivity index (χ2n) is 3.56. The topological polar surface area (TPSA) is 93.3 Å². The van der Waals surface area contributed by atoms with Crippen LogP contribution in [0.1, 0.15) is 18.0 Å². The molecule has 0 aliphatic carbocycles. The van der Waals surface area contributed by atoms with Crippen LogP contribution in [0.15, 0.2) is 16.0 Å². The van der Waals surface area contributed by atoms with Crippen LogP contribution in [0.5, 0.6) is 5.75 Å². The van der Waals surface area contributed by atoms with Gasteiger partial charge in [0.25, 0.3) is 5.89 Å². The Bertz CT molecular complexity index is 629. The quantitative estimate of drug-likeness (QED) is 0.913. The molecule has 0 aliphatic heterocycles. The third-order valence-electron chi connectivity index (χ3n) is 2.29. The molecular formula is C9H10N2O4S2. The molecule has 0 aromatic carbocycles. The fraction of sp³-hybridized carbons (Fsp3) is 0.333. The van der Waals surface area contributed by atoms with Crippen molar-refractivity contribution in [2.75, 3.05) is 6.26 Å². The third kappa shape index (κ3) is 2.32. The Morgan fingerprint density at radius 3 is 2.76 bits per heavy atom. The smallest absolute Gasteiger partial charge is 0.271 e. The first-order valence-corrected chi connectivity index (χ1v) is 7.52. The van der Waals surface area contributed by atoms with Gasteiger partial charge >= 0.3 is 0 Å². The first kappa shape index (κ1) is 12.1. The molecule has 0 fully saturated rings. The fourth-order valence-corrected chi connectivity index (χ4v) is 2.33. The maximum Gasteiger partial charge on any atom is 0.271 e. The van der Waals surface area contributed by atoms with Gasteiger partial charge in [-0.05, 0) is 18.4 Å². The lowest BCUT2D eigenvalue weighted by molar-refractivity contribution is 0.418. The molecule has 2 aromatic heterocycles. The van der Waals surface area contributed by atoms with Crippen molar-refractivity contribution in [1.29, 1.82) is 0 Å². The van der Waals surface area contributed by atoms with E-state index in [9.17, 15) is 13.5 Å². The monoisotopic (exact) mass is 274 g/mol. The summed E-state index contributed by atoms with van der Waals surface area (Å²) in [6, 6.07) is 1.50. The lowest BCUT2D eigenvalue weighted by atomic mass is 10.4. The van der Waals surface area contributed by atoms with Crippen LogP contribution in [0.3, 0.4) is 0 Å². The molecule has 0 aliphatic rings. The van der Waals surface area contributed by atoms with Crippen molar-refractivity contribution in [2.24, 2.45) is 0 Å². The second-order valence-corrected chi connectivity index (χ2v) is 6.85. The minimum atomic E-state index is -3.27. The molecule has 0 bridgehead atoms. The van der Waals surface area contributed by atoms with Crippen molar-refractivity contribution in [1.82, 2.24) is 10.1 Å². The zero-order valence-corrected chi connectivity index (χ0v) is 10.7. The Morgan fingerprint density at radius 2 is 2.24 bits per heavy atom. The summed E-state index contributed by atoms with van der Waals surface area (Å²) >= 11 is 1.24. The van der Waals surface area contributed by atoms with Crippen molar-refractivity contribution < 1.29 is 18.0 Å². The van der Waals surface area contributed by atoms with Crippen LogP contribution in [-0.2, 0) is 9.84 Å². The van der Waals surface area contributed by atoms with Crippen LogP contribution < -0.4 is 0 Å². The van der Waals surface area contributed by atoms with Crippen LogP contribution in [0.2, 0.25) is 0 Å². The summed E-state index contributed by atoms with van der Waals surface area (Å²) in [7, 11) is -3.27. The van der Waals surface area contributed by atoms with E-state index in [1.165, 1.54) is 24.3 Å². The Balaban J connectivity index is 2.38. The van der Waals surface area contributed by atoms with Gasteiger partial charge in [0.15, 0.2) is 15.7 Å². The number of nitrogens with zero attached hydrogens (tertiary/aromatic N) is 2. The van der Waals surface area contributed by atoms with Gasteiger partial charge in [0, 0.05) is 6.26 Å². The Kier molecular flexibility index (Phi) is 2.92. The van der Waals surface area contributed by atoms with Crippen LogP contribution in [0.4, 0.5) is 0 Å². The fourth-order valence-electron chi connectivity index (χ4n) is 1.15. The van der Waals surface area contributed by atoms with Gasteiger partial charge < -0.3 is 9.63 Å². The molecule has 1 N–H and O–H groups in total. The Hall–Kier alpha value is -1.41. The first-order valence-electron chi connectivity index (χ1n) is 4.69. The van der Waals surface area contributed by atoms with Gasteiger partial charge in [0.2, 0.25) is 0 Å². The van der Waals surface area contributed by atoms with Gasteiger partial charge in [-0.15, -0.1) is 11.3 Å². The molecule has 2 heterocycles. The molecule has 0 radical (unpaired) electrons. The summed E-state index contributed by atoms with van der Waals surface area (Å²) in [6.07, 6.45) is 1.11. The predicted molar refractivity (Wildman–Crippen MR) is 62.5 cm³/mol. The molecule has 17 heavy (non-hydrogen) atoms. The molecule has 2 rings (SSSR count). The van der Waals surface area contributed by atoms with Crippen LogP contribution in [-0.4, -0.2) is 29.9 Å². The highest BCUT2D eigenvalue weighted by atomic mass is 32.2. The maximum absolute atomic E-state index is 11.3. The largest absolute Gasteiger partial charge is 0.506 e. The van der Waals surface area contributed by atoms with E-state index in [1.54, 1.807) is 5.38 Å². The Morgan fingerprint density at radius 1 is 1.53 bits per heavy atom. The van der Waals surface area contributed by atoms with Crippen LogP contribution in [0, 0.1) is 0 Å². The number of aromatic nitrogens is 2. The molecule has 0 spiro atoms. The van der Waals surface area contributed by atoms with Crippen molar-refractivity contribution in [3.05, 3.63) is 17.3 Å². The number of hydrogen-bond acceptors (Lipinski definition) is 7. The standard InChI is InChI=1S/C9H10N2O4S2/c1-5(17(2,13)14)8-10-9(15-11-8)7-6(12)3-4-16-7/h3-5,12H,1-2H3. The molecule has 0 saturated heterocycles. The summed E-state index contributed by atoms with van der Waals surface area (Å²) in [4.78, 5) is 4.41. The molecule has 1 atom stereocenters. The van der Waals surface area contributed by atoms with Crippen molar-refractivity contribution >= 4 is 21.2 Å². The number of aromatic hydroxyl groups is 1. The summed E-state index contributed by atoms with van der Waals surface area (Å²) in [5.74, 6) is 0.260. The number of sulfone groups is 1. The van der Waals surface area contributed by atoms with E-state index in [-0.39, 0.29) is 17.5 Å². The van der Waals surface area contributed by atoms with E-state index < -0.39 is 15.1 Å². The average Bonchev–Trinajstić information content (AvgIpc) is 2.83. The predicted octanol–water partition coefficient (Wildman–Crippen LogP) is 1.61. The molecular weight excluding hydrogens is 264 g/mol. The van der Waals surface area contributed by atoms with Crippen molar-refractivity contribution in [3.63, 3.8) is 0 Å². The lowest BCUT2D eigenvalue weighted by Crippen LogP contribution is -2.09. The van der Waals surface area contributed by atoms with Crippen molar-refractivity contribution in [2.45, 2.75) is 12.2 Å². The van der Waals surface area contributed by atoms with Gasteiger partial charge in [-0.25, -0.2) is 8.42 Å². The highest BCUT2D eigenvalue weighted by Gasteiger charge is 2.24. The molecule has 0 saturated carbocycles.